The molecular formula is C19H27N3O4. The Bertz CT molecular complexity index is 743. The van der Waals surface area contributed by atoms with Crippen molar-refractivity contribution in [2.24, 2.45) is 11.3 Å². The third-order valence-electron chi connectivity index (χ3n) is 6.52. The molecule has 3 heterocycles. The number of aliphatic carboxylic acids is 1. The van der Waals surface area contributed by atoms with E-state index in [-0.39, 0.29) is 11.3 Å². The SMILES string of the molecule is COc1c[nH]c(CN2C[C@H]3CN(C4CCCC4)C[C@@]3(C(=O)O)C2)cc1=O. The van der Waals surface area contributed by atoms with Crippen LogP contribution in [0.4, 0.5) is 0 Å². The number of rotatable bonds is 5. The van der Waals surface area contributed by atoms with Gasteiger partial charge >= 0.3 is 5.97 Å². The number of aromatic nitrogens is 1. The molecule has 2 saturated heterocycles. The van der Waals surface area contributed by atoms with Crippen LogP contribution in [-0.2, 0) is 11.3 Å². The first-order valence-electron chi connectivity index (χ1n) is 9.47. The fraction of sp³-hybridized carbons (Fsp3) is 0.684. The molecule has 1 aromatic heterocycles. The molecule has 3 fully saturated rings. The van der Waals surface area contributed by atoms with Crippen LogP contribution in [-0.4, -0.2) is 65.2 Å². The lowest BCUT2D eigenvalue weighted by molar-refractivity contribution is -0.149. The molecule has 0 spiro atoms. The maximum atomic E-state index is 12.2. The molecular weight excluding hydrogens is 334 g/mol. The highest BCUT2D eigenvalue weighted by Gasteiger charge is 2.58. The third-order valence-corrected chi connectivity index (χ3v) is 6.52. The van der Waals surface area contributed by atoms with Crippen molar-refractivity contribution in [2.45, 2.75) is 38.3 Å². The van der Waals surface area contributed by atoms with E-state index in [0.717, 1.165) is 18.8 Å². The number of hydrogen-bond acceptors (Lipinski definition) is 5. The first-order valence-corrected chi connectivity index (χ1v) is 9.47. The molecule has 1 aliphatic carbocycles. The molecule has 0 unspecified atom stereocenters. The minimum absolute atomic E-state index is 0.152. The average Bonchev–Trinajstić information content (AvgIpc) is 3.29. The Morgan fingerprint density at radius 1 is 1.35 bits per heavy atom. The lowest BCUT2D eigenvalue weighted by atomic mass is 9.81. The maximum absolute atomic E-state index is 12.2. The molecule has 7 heteroatoms. The summed E-state index contributed by atoms with van der Waals surface area (Å²) in [4.78, 5) is 31.8. The molecule has 1 saturated carbocycles. The summed E-state index contributed by atoms with van der Waals surface area (Å²) in [6, 6.07) is 2.12. The number of likely N-dealkylation sites (tertiary alicyclic amines) is 2. The van der Waals surface area contributed by atoms with Gasteiger partial charge in [0.2, 0.25) is 5.43 Å². The molecule has 26 heavy (non-hydrogen) atoms. The highest BCUT2D eigenvalue weighted by Crippen LogP contribution is 2.45. The van der Waals surface area contributed by atoms with Crippen molar-refractivity contribution in [3.05, 3.63) is 28.2 Å². The highest BCUT2D eigenvalue weighted by atomic mass is 16.5. The zero-order valence-corrected chi connectivity index (χ0v) is 15.2. The van der Waals surface area contributed by atoms with Gasteiger partial charge < -0.3 is 14.8 Å². The van der Waals surface area contributed by atoms with Crippen molar-refractivity contribution in [3.63, 3.8) is 0 Å². The number of fused-ring (bicyclic) bond motifs is 1. The van der Waals surface area contributed by atoms with Gasteiger partial charge in [-0.15, -0.1) is 0 Å². The number of ether oxygens (including phenoxy) is 1. The third kappa shape index (κ3) is 2.93. The standard InChI is InChI=1S/C19H27N3O4/c1-26-17-7-20-14(6-16(17)23)10-21-8-13-9-22(15-4-2-3-5-15)12-19(13,11-21)18(24)25/h6-7,13,15H,2-5,8-12H2,1H3,(H,20,23)(H,24,25)/t13-,19-/m0/s1. The van der Waals surface area contributed by atoms with Gasteiger partial charge in [-0.25, -0.2) is 0 Å². The normalized spacial score (nSPS) is 30.0. The van der Waals surface area contributed by atoms with Crippen molar-refractivity contribution in [1.29, 1.82) is 0 Å². The molecule has 0 aromatic carbocycles. The average molecular weight is 361 g/mol. The minimum Gasteiger partial charge on any atom is -0.491 e. The quantitative estimate of drug-likeness (QED) is 0.818. The van der Waals surface area contributed by atoms with Crippen LogP contribution in [0, 0.1) is 11.3 Å². The number of nitrogens with one attached hydrogen (secondary N) is 1. The summed E-state index contributed by atoms with van der Waals surface area (Å²) in [5, 5.41) is 10.0. The van der Waals surface area contributed by atoms with Crippen molar-refractivity contribution in [2.75, 3.05) is 33.3 Å². The van der Waals surface area contributed by atoms with Crippen LogP contribution in [0.15, 0.2) is 17.1 Å². The van der Waals surface area contributed by atoms with E-state index in [9.17, 15) is 14.7 Å². The summed E-state index contributed by atoms with van der Waals surface area (Å²) in [6.45, 7) is 3.42. The molecule has 3 aliphatic rings. The summed E-state index contributed by atoms with van der Waals surface area (Å²) in [5.41, 5.74) is -0.0278. The molecule has 2 aliphatic heterocycles. The Kier molecular flexibility index (Phi) is 4.52. The Balaban J connectivity index is 1.47. The molecule has 2 N–H and O–H groups in total. The topological polar surface area (TPSA) is 85.9 Å². The van der Waals surface area contributed by atoms with Gasteiger partial charge in [0.25, 0.3) is 0 Å². The van der Waals surface area contributed by atoms with Gasteiger partial charge in [0.15, 0.2) is 5.75 Å². The van der Waals surface area contributed by atoms with E-state index in [0.29, 0.717) is 31.4 Å². The van der Waals surface area contributed by atoms with Gasteiger partial charge in [-0.2, -0.15) is 0 Å². The fourth-order valence-corrected chi connectivity index (χ4v) is 5.17. The summed E-state index contributed by atoms with van der Waals surface area (Å²) in [7, 11) is 1.47. The van der Waals surface area contributed by atoms with E-state index >= 15 is 0 Å². The number of hydrogen-bond donors (Lipinski definition) is 2. The molecule has 4 rings (SSSR count). The predicted octanol–water partition coefficient (Wildman–Crippen LogP) is 1.14. The number of nitrogens with zero attached hydrogens (tertiary/aromatic N) is 2. The predicted molar refractivity (Wildman–Crippen MR) is 96.3 cm³/mol. The number of methoxy groups -OCH3 is 1. The zero-order valence-electron chi connectivity index (χ0n) is 15.2. The van der Waals surface area contributed by atoms with Crippen LogP contribution in [0.3, 0.4) is 0 Å². The fourth-order valence-electron chi connectivity index (χ4n) is 5.17. The Morgan fingerprint density at radius 2 is 2.12 bits per heavy atom. The van der Waals surface area contributed by atoms with Crippen LogP contribution in [0.25, 0.3) is 0 Å². The van der Waals surface area contributed by atoms with Gasteiger partial charge in [0, 0.05) is 62.6 Å². The van der Waals surface area contributed by atoms with Crippen LogP contribution in [0.1, 0.15) is 31.4 Å². The number of carboxylic acids is 1. The Labute approximate surface area is 152 Å². The lowest BCUT2D eigenvalue weighted by Crippen LogP contribution is -2.42. The van der Waals surface area contributed by atoms with Gasteiger partial charge in [0.1, 0.15) is 0 Å². The summed E-state index contributed by atoms with van der Waals surface area (Å²) < 4.78 is 5.00. The number of carboxylic acid groups (broad SMARTS) is 1. The molecule has 142 valence electrons. The van der Waals surface area contributed by atoms with E-state index in [1.165, 1.54) is 32.8 Å². The van der Waals surface area contributed by atoms with E-state index in [1.54, 1.807) is 12.3 Å². The number of aromatic amines is 1. The molecule has 0 amide bonds. The zero-order chi connectivity index (χ0) is 18.3. The number of pyridine rings is 1. The van der Waals surface area contributed by atoms with Gasteiger partial charge in [-0.3, -0.25) is 19.4 Å². The minimum atomic E-state index is -0.672. The van der Waals surface area contributed by atoms with Crippen LogP contribution in [0.2, 0.25) is 0 Å². The second kappa shape index (κ2) is 6.70. The maximum Gasteiger partial charge on any atom is 0.312 e. The molecule has 7 nitrogen and oxygen atoms in total. The first-order chi connectivity index (χ1) is 12.5. The second-order valence-corrected chi connectivity index (χ2v) is 8.09. The first kappa shape index (κ1) is 17.5. The van der Waals surface area contributed by atoms with Gasteiger partial charge in [-0.1, -0.05) is 12.8 Å². The van der Waals surface area contributed by atoms with E-state index < -0.39 is 11.4 Å². The molecule has 0 bridgehead atoms. The van der Waals surface area contributed by atoms with Crippen LogP contribution in [0.5, 0.6) is 5.75 Å². The number of H-pyrrole nitrogens is 1. The van der Waals surface area contributed by atoms with Crippen molar-refractivity contribution in [1.82, 2.24) is 14.8 Å². The lowest BCUT2D eigenvalue weighted by Gasteiger charge is -2.28. The summed E-state index contributed by atoms with van der Waals surface area (Å²) in [6.07, 6.45) is 6.52. The highest BCUT2D eigenvalue weighted by molar-refractivity contribution is 5.77. The van der Waals surface area contributed by atoms with Crippen molar-refractivity contribution < 1.29 is 14.6 Å². The van der Waals surface area contributed by atoms with E-state index in [4.69, 9.17) is 4.74 Å². The van der Waals surface area contributed by atoms with Gasteiger partial charge in [0.05, 0.1) is 12.5 Å². The van der Waals surface area contributed by atoms with Crippen LogP contribution >= 0.6 is 0 Å². The largest absolute Gasteiger partial charge is 0.491 e. The Hall–Kier alpha value is -1.86. The monoisotopic (exact) mass is 361 g/mol. The van der Waals surface area contributed by atoms with Crippen molar-refractivity contribution in [3.8, 4) is 5.75 Å². The van der Waals surface area contributed by atoms with E-state index in [1.807, 2.05) is 0 Å². The molecule has 2 atom stereocenters. The smallest absolute Gasteiger partial charge is 0.312 e. The second-order valence-electron chi connectivity index (χ2n) is 8.09. The van der Waals surface area contributed by atoms with Crippen molar-refractivity contribution >= 4 is 5.97 Å². The molecule has 1 aromatic rings. The molecule has 0 radical (unpaired) electrons. The van der Waals surface area contributed by atoms with E-state index in [2.05, 4.69) is 14.8 Å². The Morgan fingerprint density at radius 3 is 2.73 bits per heavy atom. The van der Waals surface area contributed by atoms with Gasteiger partial charge in [-0.05, 0) is 12.8 Å². The van der Waals surface area contributed by atoms with Crippen LogP contribution < -0.4 is 10.2 Å². The summed E-state index contributed by atoms with van der Waals surface area (Å²) >= 11 is 0. The summed E-state index contributed by atoms with van der Waals surface area (Å²) in [5.74, 6) is -0.222. The number of carbonyl (C=O) groups is 1.